The van der Waals surface area contributed by atoms with Crippen LogP contribution in [0.1, 0.15) is 25.5 Å². The molecule has 1 N–H and O–H groups in total. The number of amides is 2. The first-order chi connectivity index (χ1) is 10.1. The zero-order valence-electron chi connectivity index (χ0n) is 11.8. The first kappa shape index (κ1) is 13.4. The van der Waals surface area contributed by atoms with Crippen molar-refractivity contribution < 1.29 is 14.3 Å². The summed E-state index contributed by atoms with van der Waals surface area (Å²) in [6, 6.07) is 6.66. The van der Waals surface area contributed by atoms with Crippen LogP contribution in [0, 0.1) is 0 Å². The van der Waals surface area contributed by atoms with E-state index in [9.17, 15) is 9.59 Å². The lowest BCUT2D eigenvalue weighted by molar-refractivity contribution is -0.139. The molecule has 0 saturated carbocycles. The number of para-hydroxylation sites is 1. The predicted octanol–water partition coefficient (Wildman–Crippen LogP) is 2.26. The average Bonchev–Trinajstić information content (AvgIpc) is 2.47. The largest absolute Gasteiger partial charge is 0.463 e. The van der Waals surface area contributed by atoms with E-state index < -0.39 is 12.0 Å². The summed E-state index contributed by atoms with van der Waals surface area (Å²) in [6.45, 7) is 3.74. The molecule has 21 heavy (non-hydrogen) atoms. The van der Waals surface area contributed by atoms with Gasteiger partial charge in [0.15, 0.2) is 0 Å². The van der Waals surface area contributed by atoms with E-state index >= 15 is 0 Å². The van der Waals surface area contributed by atoms with Crippen molar-refractivity contribution in [2.75, 3.05) is 6.61 Å². The van der Waals surface area contributed by atoms with Gasteiger partial charge in [-0.1, -0.05) is 18.2 Å². The number of nitrogens with zero attached hydrogens (tertiary/aromatic N) is 2. The second-order valence-electron chi connectivity index (χ2n) is 4.80. The van der Waals surface area contributed by atoms with Crippen molar-refractivity contribution in [1.29, 1.82) is 0 Å². The van der Waals surface area contributed by atoms with E-state index in [1.54, 1.807) is 13.8 Å². The van der Waals surface area contributed by atoms with Crippen LogP contribution in [0.3, 0.4) is 0 Å². The molecular formula is C15H15N3O3. The Morgan fingerprint density at radius 2 is 2.19 bits per heavy atom. The third-order valence-corrected chi connectivity index (χ3v) is 3.53. The van der Waals surface area contributed by atoms with Gasteiger partial charge in [-0.3, -0.25) is 4.90 Å². The predicted molar refractivity (Wildman–Crippen MR) is 77.0 cm³/mol. The molecule has 1 atom stereocenters. The summed E-state index contributed by atoms with van der Waals surface area (Å²) >= 11 is 0. The third-order valence-electron chi connectivity index (χ3n) is 3.53. The number of allylic oxidation sites excluding steroid dienone is 1. The van der Waals surface area contributed by atoms with Crippen molar-refractivity contribution in [2.24, 2.45) is 4.99 Å². The maximum Gasteiger partial charge on any atom is 0.338 e. The highest BCUT2D eigenvalue weighted by Gasteiger charge is 2.40. The zero-order chi connectivity index (χ0) is 15.0. The highest BCUT2D eigenvalue weighted by Crippen LogP contribution is 2.40. The molecule has 1 aromatic rings. The molecule has 6 nitrogen and oxygen atoms in total. The molecule has 2 heterocycles. The molecule has 2 amide bonds. The van der Waals surface area contributed by atoms with Crippen molar-refractivity contribution in [2.45, 2.75) is 19.9 Å². The first-order valence-electron chi connectivity index (χ1n) is 6.73. The lowest BCUT2D eigenvalue weighted by Gasteiger charge is -2.37. The fourth-order valence-corrected chi connectivity index (χ4v) is 2.61. The van der Waals surface area contributed by atoms with Crippen molar-refractivity contribution in [3.05, 3.63) is 41.1 Å². The van der Waals surface area contributed by atoms with E-state index in [4.69, 9.17) is 4.74 Å². The van der Waals surface area contributed by atoms with Crippen LogP contribution in [0.15, 0.2) is 40.5 Å². The monoisotopic (exact) mass is 285 g/mol. The molecule has 2 aliphatic rings. The van der Waals surface area contributed by atoms with E-state index in [-0.39, 0.29) is 12.6 Å². The highest BCUT2D eigenvalue weighted by molar-refractivity contribution is 6.00. The molecule has 0 bridgehead atoms. The minimum absolute atomic E-state index is 0.284. The summed E-state index contributed by atoms with van der Waals surface area (Å²) in [5.41, 5.74) is 2.53. The van der Waals surface area contributed by atoms with Crippen LogP contribution in [0.25, 0.3) is 0 Å². The molecule has 0 spiro atoms. The lowest BCUT2D eigenvalue weighted by atomic mass is 9.92. The van der Waals surface area contributed by atoms with Crippen LogP contribution >= 0.6 is 0 Å². The number of ether oxygens (including phenoxy) is 1. The summed E-state index contributed by atoms with van der Waals surface area (Å²) in [5.74, 6) is -0.421. The van der Waals surface area contributed by atoms with Crippen molar-refractivity contribution in [3.63, 3.8) is 0 Å². The molecule has 0 saturated heterocycles. The average molecular weight is 285 g/mol. The summed E-state index contributed by atoms with van der Waals surface area (Å²) in [4.78, 5) is 30.1. The fraction of sp³-hybridized carbons (Fsp3) is 0.267. The van der Waals surface area contributed by atoms with E-state index in [2.05, 4.69) is 10.3 Å². The SMILES string of the molecule is CCOC(=O)C1=C(C)NC(=O)N2C=Nc3ccccc3C12. The minimum Gasteiger partial charge on any atom is -0.463 e. The molecule has 0 aliphatic carbocycles. The van der Waals surface area contributed by atoms with Crippen LogP contribution < -0.4 is 5.32 Å². The quantitative estimate of drug-likeness (QED) is 0.847. The Bertz CT molecular complexity index is 678. The normalized spacial score (nSPS) is 19.8. The second-order valence-corrected chi connectivity index (χ2v) is 4.80. The van der Waals surface area contributed by atoms with Crippen molar-refractivity contribution in [3.8, 4) is 0 Å². The molecule has 6 heteroatoms. The first-order valence-corrected chi connectivity index (χ1v) is 6.73. The molecule has 1 unspecified atom stereocenters. The van der Waals surface area contributed by atoms with Gasteiger partial charge >= 0.3 is 12.0 Å². The Balaban J connectivity index is 2.15. The minimum atomic E-state index is -0.494. The third kappa shape index (κ3) is 2.08. The number of carbonyl (C=O) groups is 2. The topological polar surface area (TPSA) is 71.0 Å². The number of fused-ring (bicyclic) bond motifs is 3. The van der Waals surface area contributed by atoms with E-state index in [0.717, 1.165) is 11.3 Å². The zero-order valence-corrected chi connectivity index (χ0v) is 11.8. The molecule has 0 radical (unpaired) electrons. The number of carbonyl (C=O) groups excluding carboxylic acids is 2. The number of rotatable bonds is 2. The van der Waals surface area contributed by atoms with Crippen LogP contribution in [-0.4, -0.2) is 29.8 Å². The molecule has 3 rings (SSSR count). The van der Waals surface area contributed by atoms with Gasteiger partial charge in [-0.05, 0) is 19.9 Å². The number of benzene rings is 1. The highest BCUT2D eigenvalue weighted by atomic mass is 16.5. The van der Waals surface area contributed by atoms with Gasteiger partial charge in [0.25, 0.3) is 0 Å². The fourth-order valence-electron chi connectivity index (χ4n) is 2.61. The van der Waals surface area contributed by atoms with Gasteiger partial charge in [0.05, 0.1) is 17.9 Å². The maximum atomic E-state index is 12.3. The second kappa shape index (κ2) is 5.05. The number of esters is 1. The summed E-state index contributed by atoms with van der Waals surface area (Å²) in [5, 5.41) is 2.67. The van der Waals surface area contributed by atoms with Crippen LogP contribution in [0.2, 0.25) is 0 Å². The van der Waals surface area contributed by atoms with E-state index in [0.29, 0.717) is 11.3 Å². The summed E-state index contributed by atoms with van der Waals surface area (Å²) < 4.78 is 5.13. The van der Waals surface area contributed by atoms with Gasteiger partial charge < -0.3 is 10.1 Å². The molecular weight excluding hydrogens is 270 g/mol. The molecule has 0 fully saturated rings. The Hall–Kier alpha value is -2.63. The Labute approximate surface area is 122 Å². The Morgan fingerprint density at radius 1 is 1.43 bits per heavy atom. The number of hydrogen-bond donors (Lipinski definition) is 1. The number of hydrogen-bond acceptors (Lipinski definition) is 4. The smallest absolute Gasteiger partial charge is 0.338 e. The van der Waals surface area contributed by atoms with E-state index in [1.165, 1.54) is 11.2 Å². The van der Waals surface area contributed by atoms with Gasteiger partial charge in [-0.15, -0.1) is 0 Å². The van der Waals surface area contributed by atoms with Crippen LogP contribution in [0.5, 0.6) is 0 Å². The van der Waals surface area contributed by atoms with Gasteiger partial charge in [0, 0.05) is 11.3 Å². The van der Waals surface area contributed by atoms with Gasteiger partial charge in [-0.25, -0.2) is 14.6 Å². The van der Waals surface area contributed by atoms with Crippen molar-refractivity contribution in [1.82, 2.24) is 10.2 Å². The molecule has 0 aromatic heterocycles. The Morgan fingerprint density at radius 3 is 2.95 bits per heavy atom. The van der Waals surface area contributed by atoms with Crippen molar-refractivity contribution >= 4 is 24.0 Å². The molecule has 2 aliphatic heterocycles. The number of aliphatic imine (C=N–C) groups is 1. The molecule has 108 valence electrons. The van der Waals surface area contributed by atoms with Gasteiger partial charge in [0.2, 0.25) is 0 Å². The van der Waals surface area contributed by atoms with Crippen LogP contribution in [-0.2, 0) is 9.53 Å². The van der Waals surface area contributed by atoms with Crippen LogP contribution in [0.4, 0.5) is 10.5 Å². The summed E-state index contributed by atoms with van der Waals surface area (Å²) in [6.07, 6.45) is 1.45. The van der Waals surface area contributed by atoms with E-state index in [1.807, 2.05) is 24.3 Å². The van der Waals surface area contributed by atoms with Gasteiger partial charge in [-0.2, -0.15) is 0 Å². The standard InChI is InChI=1S/C15H15N3O3/c1-3-21-14(19)12-9(2)17-15(20)18-8-16-11-7-5-4-6-10(11)13(12)18/h4-8,13H,3H2,1-2H3,(H,17,20). The number of urea groups is 1. The maximum absolute atomic E-state index is 12.3. The number of nitrogens with one attached hydrogen (secondary N) is 1. The Kier molecular flexibility index (Phi) is 3.21. The molecule has 1 aromatic carbocycles. The summed E-state index contributed by atoms with van der Waals surface area (Å²) in [7, 11) is 0. The van der Waals surface area contributed by atoms with Gasteiger partial charge in [0.1, 0.15) is 12.4 Å². The lowest BCUT2D eigenvalue weighted by Crippen LogP contribution is -2.48.